The SMILES string of the molecule is Cc1ccc([C@@H](C)NC(=O)NC2(C)CCC2)c(C)c1. The van der Waals surface area contributed by atoms with Crippen molar-refractivity contribution >= 4 is 6.03 Å². The molecular weight excluding hydrogens is 236 g/mol. The zero-order valence-electron chi connectivity index (χ0n) is 12.3. The van der Waals surface area contributed by atoms with Gasteiger partial charge >= 0.3 is 6.03 Å². The molecule has 0 aromatic heterocycles. The largest absolute Gasteiger partial charge is 0.333 e. The Kier molecular flexibility index (Phi) is 3.83. The number of amides is 2. The molecule has 3 nitrogen and oxygen atoms in total. The fraction of sp³-hybridized carbons (Fsp3) is 0.562. The Labute approximate surface area is 115 Å². The Balaban J connectivity index is 1.96. The van der Waals surface area contributed by atoms with E-state index in [4.69, 9.17) is 0 Å². The highest BCUT2D eigenvalue weighted by Gasteiger charge is 2.33. The van der Waals surface area contributed by atoms with Crippen LogP contribution in [0.1, 0.15) is 55.8 Å². The molecule has 0 bridgehead atoms. The number of benzene rings is 1. The van der Waals surface area contributed by atoms with Crippen LogP contribution in [0.25, 0.3) is 0 Å². The van der Waals surface area contributed by atoms with Crippen molar-refractivity contribution in [2.24, 2.45) is 0 Å². The third-order valence-corrected chi connectivity index (χ3v) is 4.11. The fourth-order valence-electron chi connectivity index (χ4n) is 2.73. The summed E-state index contributed by atoms with van der Waals surface area (Å²) in [5.74, 6) is 0. The van der Waals surface area contributed by atoms with Crippen molar-refractivity contribution in [3.63, 3.8) is 0 Å². The maximum Gasteiger partial charge on any atom is 0.315 e. The van der Waals surface area contributed by atoms with Gasteiger partial charge < -0.3 is 10.6 Å². The van der Waals surface area contributed by atoms with E-state index in [0.29, 0.717) is 0 Å². The van der Waals surface area contributed by atoms with E-state index in [2.05, 4.69) is 49.6 Å². The average Bonchev–Trinajstić information content (AvgIpc) is 2.26. The van der Waals surface area contributed by atoms with Gasteiger partial charge in [0.15, 0.2) is 0 Å². The molecule has 0 aliphatic heterocycles. The molecule has 1 atom stereocenters. The molecule has 1 fully saturated rings. The highest BCUT2D eigenvalue weighted by molar-refractivity contribution is 5.75. The first-order valence-electron chi connectivity index (χ1n) is 7.05. The van der Waals surface area contributed by atoms with Gasteiger partial charge in [-0.05, 0) is 58.1 Å². The molecule has 0 spiro atoms. The van der Waals surface area contributed by atoms with Crippen molar-refractivity contribution in [1.29, 1.82) is 0 Å². The minimum Gasteiger partial charge on any atom is -0.333 e. The molecule has 1 saturated carbocycles. The summed E-state index contributed by atoms with van der Waals surface area (Å²) >= 11 is 0. The van der Waals surface area contributed by atoms with E-state index in [9.17, 15) is 4.79 Å². The van der Waals surface area contributed by atoms with E-state index in [-0.39, 0.29) is 17.6 Å². The molecule has 2 rings (SSSR count). The summed E-state index contributed by atoms with van der Waals surface area (Å²) in [5.41, 5.74) is 3.66. The Morgan fingerprint density at radius 2 is 2.00 bits per heavy atom. The molecule has 0 unspecified atom stereocenters. The third-order valence-electron chi connectivity index (χ3n) is 4.11. The third kappa shape index (κ3) is 3.28. The first-order valence-corrected chi connectivity index (χ1v) is 7.05. The van der Waals surface area contributed by atoms with Gasteiger partial charge in [0, 0.05) is 5.54 Å². The monoisotopic (exact) mass is 260 g/mol. The van der Waals surface area contributed by atoms with Crippen LogP contribution in [0.2, 0.25) is 0 Å². The van der Waals surface area contributed by atoms with Crippen LogP contribution in [0.4, 0.5) is 4.79 Å². The van der Waals surface area contributed by atoms with Crippen LogP contribution >= 0.6 is 0 Å². The number of hydrogen-bond donors (Lipinski definition) is 2. The van der Waals surface area contributed by atoms with Crippen molar-refractivity contribution in [3.05, 3.63) is 34.9 Å². The van der Waals surface area contributed by atoms with E-state index >= 15 is 0 Å². The predicted octanol–water partition coefficient (Wildman–Crippen LogP) is 3.61. The summed E-state index contributed by atoms with van der Waals surface area (Å²) in [6, 6.07) is 6.31. The Morgan fingerprint density at radius 3 is 2.53 bits per heavy atom. The lowest BCUT2D eigenvalue weighted by Crippen LogP contribution is -2.54. The zero-order chi connectivity index (χ0) is 14.0. The molecule has 2 N–H and O–H groups in total. The predicted molar refractivity (Wildman–Crippen MR) is 78.3 cm³/mol. The van der Waals surface area contributed by atoms with Crippen molar-refractivity contribution in [2.75, 3.05) is 0 Å². The van der Waals surface area contributed by atoms with Gasteiger partial charge in [0.05, 0.1) is 6.04 Å². The second-order valence-electron chi connectivity index (χ2n) is 6.09. The first-order chi connectivity index (χ1) is 8.89. The first kappa shape index (κ1) is 13.9. The summed E-state index contributed by atoms with van der Waals surface area (Å²) in [6.45, 7) is 8.31. The number of hydrogen-bond acceptors (Lipinski definition) is 1. The second-order valence-corrected chi connectivity index (χ2v) is 6.09. The summed E-state index contributed by atoms with van der Waals surface area (Å²) < 4.78 is 0. The zero-order valence-corrected chi connectivity index (χ0v) is 12.3. The maximum absolute atomic E-state index is 12.0. The molecule has 2 amide bonds. The quantitative estimate of drug-likeness (QED) is 0.856. The summed E-state index contributed by atoms with van der Waals surface area (Å²) in [5, 5.41) is 6.10. The van der Waals surface area contributed by atoms with Crippen molar-refractivity contribution < 1.29 is 4.79 Å². The number of carbonyl (C=O) groups excluding carboxylic acids is 1. The molecule has 1 aromatic rings. The van der Waals surface area contributed by atoms with Gasteiger partial charge in [-0.1, -0.05) is 23.8 Å². The minimum atomic E-state index is -0.0605. The summed E-state index contributed by atoms with van der Waals surface area (Å²) in [4.78, 5) is 12.0. The molecule has 0 heterocycles. The molecule has 3 heteroatoms. The van der Waals surface area contributed by atoms with Gasteiger partial charge in [-0.3, -0.25) is 0 Å². The average molecular weight is 260 g/mol. The van der Waals surface area contributed by atoms with Crippen LogP contribution in [0.5, 0.6) is 0 Å². The number of urea groups is 1. The van der Waals surface area contributed by atoms with Crippen LogP contribution in [0, 0.1) is 13.8 Å². The van der Waals surface area contributed by atoms with Gasteiger partial charge in [-0.25, -0.2) is 4.79 Å². The van der Waals surface area contributed by atoms with Crippen LogP contribution in [0.15, 0.2) is 18.2 Å². The van der Waals surface area contributed by atoms with Crippen molar-refractivity contribution in [2.45, 2.75) is 58.5 Å². The van der Waals surface area contributed by atoms with E-state index in [0.717, 1.165) is 12.8 Å². The molecule has 104 valence electrons. The van der Waals surface area contributed by atoms with Crippen LogP contribution in [-0.4, -0.2) is 11.6 Å². The van der Waals surface area contributed by atoms with Crippen molar-refractivity contribution in [3.8, 4) is 0 Å². The second kappa shape index (κ2) is 5.24. The Morgan fingerprint density at radius 1 is 1.32 bits per heavy atom. The number of carbonyl (C=O) groups is 1. The maximum atomic E-state index is 12.0. The van der Waals surface area contributed by atoms with Gasteiger partial charge in [-0.2, -0.15) is 0 Å². The molecule has 1 aliphatic rings. The molecule has 1 aromatic carbocycles. The highest BCUT2D eigenvalue weighted by Crippen LogP contribution is 2.30. The van der Waals surface area contributed by atoms with Gasteiger partial charge in [-0.15, -0.1) is 0 Å². The van der Waals surface area contributed by atoms with E-state index in [1.807, 2.05) is 6.92 Å². The van der Waals surface area contributed by atoms with E-state index in [1.165, 1.54) is 23.1 Å². The summed E-state index contributed by atoms with van der Waals surface area (Å²) in [7, 11) is 0. The molecule has 0 radical (unpaired) electrons. The van der Waals surface area contributed by atoms with Gasteiger partial charge in [0.25, 0.3) is 0 Å². The van der Waals surface area contributed by atoms with Crippen LogP contribution < -0.4 is 10.6 Å². The van der Waals surface area contributed by atoms with Gasteiger partial charge in [0.1, 0.15) is 0 Å². The number of rotatable bonds is 3. The van der Waals surface area contributed by atoms with Crippen molar-refractivity contribution in [1.82, 2.24) is 10.6 Å². The lowest BCUT2D eigenvalue weighted by Gasteiger charge is -2.39. The van der Waals surface area contributed by atoms with Gasteiger partial charge in [0.2, 0.25) is 0 Å². The van der Waals surface area contributed by atoms with E-state index in [1.54, 1.807) is 0 Å². The molecule has 1 aliphatic carbocycles. The lowest BCUT2D eigenvalue weighted by molar-refractivity contribution is 0.189. The fourth-order valence-corrected chi connectivity index (χ4v) is 2.73. The normalized spacial score (nSPS) is 18.3. The Bertz CT molecular complexity index is 478. The smallest absolute Gasteiger partial charge is 0.315 e. The lowest BCUT2D eigenvalue weighted by atomic mass is 9.79. The van der Waals surface area contributed by atoms with Crippen LogP contribution in [-0.2, 0) is 0 Å². The number of nitrogens with one attached hydrogen (secondary N) is 2. The van der Waals surface area contributed by atoms with E-state index < -0.39 is 0 Å². The highest BCUT2D eigenvalue weighted by atomic mass is 16.2. The molecule has 19 heavy (non-hydrogen) atoms. The molecular formula is C16H24N2O. The topological polar surface area (TPSA) is 41.1 Å². The molecule has 0 saturated heterocycles. The standard InChI is InChI=1S/C16H24N2O/c1-11-6-7-14(12(2)10-11)13(3)17-15(19)18-16(4)8-5-9-16/h6-7,10,13H,5,8-9H2,1-4H3,(H2,17,18,19)/t13-/m1/s1. The van der Waals surface area contributed by atoms with Crippen LogP contribution in [0.3, 0.4) is 0 Å². The summed E-state index contributed by atoms with van der Waals surface area (Å²) in [6.07, 6.45) is 3.38. The number of aryl methyl sites for hydroxylation is 2. The Hall–Kier alpha value is -1.51. The minimum absolute atomic E-state index is 0.00608.